The standard InChI is InChI=1S/C20H20F2N6O3/c1-11-10-28-17(19(30)24-11)16(25-26-28)20(31)27-6-4-12(5-7-27)18(29)23-9-13-2-3-14(21)8-15(13)22/h2-3,8,10,12H,4-7,9H2,1H3,(H,23,29)(H,24,30). The van der Waals surface area contributed by atoms with Crippen molar-refractivity contribution in [3.63, 3.8) is 0 Å². The van der Waals surface area contributed by atoms with Gasteiger partial charge in [-0.3, -0.25) is 14.4 Å². The minimum absolute atomic E-state index is 0.0315. The third-order valence-corrected chi connectivity index (χ3v) is 5.36. The molecule has 11 heteroatoms. The molecule has 9 nitrogen and oxygen atoms in total. The van der Waals surface area contributed by atoms with Gasteiger partial charge in [-0.2, -0.15) is 0 Å². The lowest BCUT2D eigenvalue weighted by Gasteiger charge is -2.30. The van der Waals surface area contributed by atoms with Crippen LogP contribution in [0.5, 0.6) is 0 Å². The van der Waals surface area contributed by atoms with Crippen LogP contribution in [0.3, 0.4) is 0 Å². The number of piperidine rings is 1. The van der Waals surface area contributed by atoms with Gasteiger partial charge in [-0.05, 0) is 25.8 Å². The first-order valence-electron chi connectivity index (χ1n) is 9.79. The van der Waals surface area contributed by atoms with Crippen LogP contribution in [0.2, 0.25) is 0 Å². The van der Waals surface area contributed by atoms with Gasteiger partial charge in [0.2, 0.25) is 5.91 Å². The van der Waals surface area contributed by atoms with Gasteiger partial charge in [0.25, 0.3) is 11.5 Å². The summed E-state index contributed by atoms with van der Waals surface area (Å²) in [6.07, 6.45) is 2.40. The Labute approximate surface area is 175 Å². The Morgan fingerprint density at radius 3 is 2.71 bits per heavy atom. The Hall–Kier alpha value is -3.63. The second kappa shape index (κ2) is 8.25. The minimum Gasteiger partial charge on any atom is -0.352 e. The Kier molecular flexibility index (Phi) is 5.49. The minimum atomic E-state index is -0.716. The van der Waals surface area contributed by atoms with Crippen molar-refractivity contribution in [3.05, 3.63) is 63.3 Å². The molecule has 162 valence electrons. The number of carbonyl (C=O) groups excluding carboxylic acids is 2. The number of aromatic amines is 1. The lowest BCUT2D eigenvalue weighted by Crippen LogP contribution is -2.43. The van der Waals surface area contributed by atoms with E-state index < -0.39 is 23.1 Å². The van der Waals surface area contributed by atoms with Gasteiger partial charge in [0.15, 0.2) is 11.2 Å². The normalized spacial score (nSPS) is 14.7. The summed E-state index contributed by atoms with van der Waals surface area (Å²) in [5.41, 5.74) is 0.388. The van der Waals surface area contributed by atoms with E-state index in [0.29, 0.717) is 31.6 Å². The van der Waals surface area contributed by atoms with Crippen LogP contribution in [0.25, 0.3) is 5.52 Å². The van der Waals surface area contributed by atoms with E-state index in [1.54, 1.807) is 13.1 Å². The number of benzene rings is 1. The molecule has 0 saturated carbocycles. The summed E-state index contributed by atoms with van der Waals surface area (Å²) in [6, 6.07) is 3.20. The second-order valence-corrected chi connectivity index (χ2v) is 7.52. The van der Waals surface area contributed by atoms with Gasteiger partial charge < -0.3 is 15.2 Å². The maximum Gasteiger partial charge on any atom is 0.276 e. The quantitative estimate of drug-likeness (QED) is 0.645. The molecule has 2 aromatic heterocycles. The zero-order valence-electron chi connectivity index (χ0n) is 16.7. The molecule has 4 rings (SSSR count). The van der Waals surface area contributed by atoms with Gasteiger partial charge in [-0.15, -0.1) is 5.10 Å². The largest absolute Gasteiger partial charge is 0.352 e. The second-order valence-electron chi connectivity index (χ2n) is 7.52. The van der Waals surface area contributed by atoms with Gasteiger partial charge in [-0.25, -0.2) is 13.3 Å². The van der Waals surface area contributed by atoms with Crippen LogP contribution in [0, 0.1) is 24.5 Å². The summed E-state index contributed by atoms with van der Waals surface area (Å²) in [5, 5.41) is 10.4. The number of hydrogen-bond donors (Lipinski definition) is 2. The first-order chi connectivity index (χ1) is 14.8. The van der Waals surface area contributed by atoms with Crippen molar-refractivity contribution in [2.45, 2.75) is 26.3 Å². The zero-order valence-corrected chi connectivity index (χ0v) is 16.7. The number of hydrogen-bond acceptors (Lipinski definition) is 5. The molecule has 1 saturated heterocycles. The number of nitrogens with one attached hydrogen (secondary N) is 2. The smallest absolute Gasteiger partial charge is 0.276 e. The third kappa shape index (κ3) is 4.16. The van der Waals surface area contributed by atoms with E-state index in [4.69, 9.17) is 0 Å². The van der Waals surface area contributed by atoms with Crippen molar-refractivity contribution in [2.24, 2.45) is 5.92 Å². The van der Waals surface area contributed by atoms with Crippen LogP contribution in [-0.2, 0) is 11.3 Å². The number of halogens is 2. The molecule has 1 aromatic carbocycles. The summed E-state index contributed by atoms with van der Waals surface area (Å²) in [6.45, 7) is 2.28. The van der Waals surface area contributed by atoms with E-state index in [1.165, 1.54) is 15.5 Å². The Bertz CT molecular complexity index is 1210. The molecule has 31 heavy (non-hydrogen) atoms. The number of carbonyl (C=O) groups is 2. The van der Waals surface area contributed by atoms with Crippen molar-refractivity contribution in [3.8, 4) is 0 Å². The number of fused-ring (bicyclic) bond motifs is 1. The Morgan fingerprint density at radius 2 is 2.00 bits per heavy atom. The fraction of sp³-hybridized carbons (Fsp3) is 0.350. The number of H-pyrrole nitrogens is 1. The highest BCUT2D eigenvalue weighted by molar-refractivity contribution is 5.98. The summed E-state index contributed by atoms with van der Waals surface area (Å²) >= 11 is 0. The highest BCUT2D eigenvalue weighted by Crippen LogP contribution is 2.20. The molecule has 0 unspecified atom stereocenters. The van der Waals surface area contributed by atoms with Gasteiger partial charge in [0.05, 0.1) is 6.20 Å². The third-order valence-electron chi connectivity index (χ3n) is 5.36. The number of aromatic nitrogens is 4. The monoisotopic (exact) mass is 430 g/mol. The van der Waals surface area contributed by atoms with E-state index in [-0.39, 0.29) is 35.1 Å². The van der Waals surface area contributed by atoms with Crippen LogP contribution in [0.15, 0.2) is 29.2 Å². The highest BCUT2D eigenvalue weighted by atomic mass is 19.1. The molecule has 3 aromatic rings. The van der Waals surface area contributed by atoms with E-state index in [2.05, 4.69) is 20.6 Å². The molecule has 0 bridgehead atoms. The first-order valence-corrected chi connectivity index (χ1v) is 9.79. The van der Waals surface area contributed by atoms with Crippen LogP contribution in [0.4, 0.5) is 8.78 Å². The fourth-order valence-corrected chi connectivity index (χ4v) is 3.68. The lowest BCUT2D eigenvalue weighted by atomic mass is 9.95. The highest BCUT2D eigenvalue weighted by Gasteiger charge is 2.30. The van der Waals surface area contributed by atoms with E-state index in [9.17, 15) is 23.2 Å². The van der Waals surface area contributed by atoms with Crippen molar-refractivity contribution < 1.29 is 18.4 Å². The van der Waals surface area contributed by atoms with Gasteiger partial charge in [0, 0.05) is 42.9 Å². The van der Waals surface area contributed by atoms with Crippen molar-refractivity contribution in [1.29, 1.82) is 0 Å². The zero-order chi connectivity index (χ0) is 22.1. The molecule has 0 spiro atoms. The van der Waals surface area contributed by atoms with Crippen molar-refractivity contribution in [2.75, 3.05) is 13.1 Å². The van der Waals surface area contributed by atoms with E-state index in [0.717, 1.165) is 12.1 Å². The molecule has 0 atom stereocenters. The molecule has 1 fully saturated rings. The average molecular weight is 430 g/mol. The van der Waals surface area contributed by atoms with Gasteiger partial charge >= 0.3 is 0 Å². The summed E-state index contributed by atoms with van der Waals surface area (Å²) in [5.74, 6) is -2.40. The Balaban J connectivity index is 1.37. The maximum absolute atomic E-state index is 13.7. The number of amides is 2. The summed E-state index contributed by atoms with van der Waals surface area (Å²) in [7, 11) is 0. The molecule has 2 N–H and O–H groups in total. The van der Waals surface area contributed by atoms with Gasteiger partial charge in [0.1, 0.15) is 11.6 Å². The molecule has 1 aliphatic rings. The lowest BCUT2D eigenvalue weighted by molar-refractivity contribution is -0.126. The number of nitrogens with zero attached hydrogens (tertiary/aromatic N) is 4. The topological polar surface area (TPSA) is 112 Å². The number of rotatable bonds is 4. The molecule has 1 aliphatic heterocycles. The van der Waals surface area contributed by atoms with Crippen LogP contribution >= 0.6 is 0 Å². The summed E-state index contributed by atoms with van der Waals surface area (Å²) in [4.78, 5) is 41.6. The van der Waals surface area contributed by atoms with E-state index >= 15 is 0 Å². The Morgan fingerprint density at radius 1 is 1.26 bits per heavy atom. The number of aryl methyl sites for hydroxylation is 1. The summed E-state index contributed by atoms with van der Waals surface area (Å²) < 4.78 is 28.0. The fourth-order valence-electron chi connectivity index (χ4n) is 3.68. The predicted octanol–water partition coefficient (Wildman–Crippen LogP) is 1.17. The molecule has 3 heterocycles. The molecular formula is C20H20F2N6O3. The number of likely N-dealkylation sites (tertiary alicyclic amines) is 1. The van der Waals surface area contributed by atoms with E-state index in [1.807, 2.05) is 0 Å². The van der Waals surface area contributed by atoms with Crippen molar-refractivity contribution in [1.82, 2.24) is 30.0 Å². The molecular weight excluding hydrogens is 410 g/mol. The average Bonchev–Trinajstić information content (AvgIpc) is 3.16. The van der Waals surface area contributed by atoms with Crippen LogP contribution < -0.4 is 10.9 Å². The van der Waals surface area contributed by atoms with Crippen LogP contribution in [-0.4, -0.2) is 49.6 Å². The molecule has 2 amide bonds. The van der Waals surface area contributed by atoms with Crippen molar-refractivity contribution >= 4 is 17.3 Å². The SMILES string of the molecule is Cc1cn2nnc(C(=O)N3CCC(C(=O)NCc4ccc(F)cc4F)CC3)c2c(=O)[nH]1. The molecule has 0 radical (unpaired) electrons. The first kappa shape index (κ1) is 20.6. The predicted molar refractivity (Wildman–Crippen MR) is 105 cm³/mol. The van der Waals surface area contributed by atoms with Gasteiger partial charge in [-0.1, -0.05) is 11.3 Å². The molecule has 0 aliphatic carbocycles. The maximum atomic E-state index is 13.7. The van der Waals surface area contributed by atoms with Crippen LogP contribution in [0.1, 0.15) is 34.6 Å².